The molecule has 1 aliphatic heterocycles. The van der Waals surface area contributed by atoms with Gasteiger partial charge >= 0.3 is 0 Å². The Morgan fingerprint density at radius 3 is 2.62 bits per heavy atom. The number of aromatic nitrogens is 4. The number of hydrogen-bond donors (Lipinski definition) is 1. The quantitative estimate of drug-likeness (QED) is 0.718. The first kappa shape index (κ1) is 19.3. The number of halogens is 1. The van der Waals surface area contributed by atoms with Crippen LogP contribution >= 0.6 is 0 Å². The second-order valence-electron chi connectivity index (χ2n) is 7.88. The summed E-state index contributed by atoms with van der Waals surface area (Å²) in [7, 11) is 0. The van der Waals surface area contributed by atoms with E-state index < -0.39 is 0 Å². The molecule has 3 heterocycles. The smallest absolute Gasteiger partial charge is 0.223 e. The zero-order valence-corrected chi connectivity index (χ0v) is 16.7. The molecule has 152 valence electrons. The van der Waals surface area contributed by atoms with E-state index in [0.29, 0.717) is 18.1 Å². The Morgan fingerprint density at radius 2 is 1.93 bits per heavy atom. The molecular formula is C21H25FN6O. The Balaban J connectivity index is 1.50. The van der Waals surface area contributed by atoms with Crippen molar-refractivity contribution in [1.82, 2.24) is 25.1 Å². The zero-order chi connectivity index (χ0) is 20.4. The third-order valence-electron chi connectivity index (χ3n) is 5.24. The van der Waals surface area contributed by atoms with Gasteiger partial charge < -0.3 is 10.2 Å². The van der Waals surface area contributed by atoms with Crippen LogP contribution < -0.4 is 10.2 Å². The molecule has 1 aromatic carbocycles. The van der Waals surface area contributed by atoms with Crippen molar-refractivity contribution in [3.8, 4) is 5.69 Å². The lowest BCUT2D eigenvalue weighted by Gasteiger charge is -2.32. The third-order valence-corrected chi connectivity index (χ3v) is 5.24. The number of anilines is 1. The van der Waals surface area contributed by atoms with Crippen LogP contribution in [0, 0.1) is 17.7 Å². The molecule has 4 rings (SSSR count). The fraction of sp³-hybridized carbons (Fsp3) is 0.429. The number of nitrogens with one attached hydrogen (secondary N) is 1. The van der Waals surface area contributed by atoms with Crippen LogP contribution in [0.2, 0.25) is 0 Å². The fourth-order valence-electron chi connectivity index (χ4n) is 3.61. The lowest BCUT2D eigenvalue weighted by Crippen LogP contribution is -2.41. The predicted octanol–water partition coefficient (Wildman–Crippen LogP) is 2.94. The molecule has 0 unspecified atom stereocenters. The number of rotatable bonds is 5. The molecule has 0 bridgehead atoms. The van der Waals surface area contributed by atoms with Crippen molar-refractivity contribution in [2.75, 3.05) is 24.5 Å². The first-order valence-electron chi connectivity index (χ1n) is 10.00. The van der Waals surface area contributed by atoms with Crippen LogP contribution in [0.4, 0.5) is 10.2 Å². The van der Waals surface area contributed by atoms with Crippen molar-refractivity contribution in [1.29, 1.82) is 0 Å². The number of piperidine rings is 1. The van der Waals surface area contributed by atoms with Gasteiger partial charge in [-0.1, -0.05) is 13.8 Å². The molecule has 0 aliphatic carbocycles. The van der Waals surface area contributed by atoms with E-state index in [1.54, 1.807) is 16.8 Å². The summed E-state index contributed by atoms with van der Waals surface area (Å²) in [5, 5.41) is 8.39. The maximum Gasteiger partial charge on any atom is 0.223 e. The minimum absolute atomic E-state index is 0.0456. The molecule has 1 fully saturated rings. The highest BCUT2D eigenvalue weighted by molar-refractivity contribution is 5.87. The average Bonchev–Trinajstić information content (AvgIpc) is 3.17. The van der Waals surface area contributed by atoms with Gasteiger partial charge in [0.1, 0.15) is 18.0 Å². The summed E-state index contributed by atoms with van der Waals surface area (Å²) in [4.78, 5) is 23.3. The Hall–Kier alpha value is -3.03. The van der Waals surface area contributed by atoms with E-state index in [4.69, 9.17) is 0 Å². The molecular weight excluding hydrogens is 371 g/mol. The van der Waals surface area contributed by atoms with E-state index in [1.165, 1.54) is 18.5 Å². The van der Waals surface area contributed by atoms with Gasteiger partial charge in [-0.3, -0.25) is 4.79 Å². The van der Waals surface area contributed by atoms with Crippen LogP contribution in [0.15, 0.2) is 36.8 Å². The summed E-state index contributed by atoms with van der Waals surface area (Å²) >= 11 is 0. The summed E-state index contributed by atoms with van der Waals surface area (Å²) in [5.41, 5.74) is 1.35. The van der Waals surface area contributed by atoms with Gasteiger partial charge in [0.15, 0.2) is 5.65 Å². The SMILES string of the molecule is CC(C)CNC(=O)C1CCN(c2ncnc3nn(-c4ccc(F)cc4)cc23)CC1. The second kappa shape index (κ2) is 8.14. The molecule has 1 amide bonds. The molecule has 29 heavy (non-hydrogen) atoms. The predicted molar refractivity (Wildman–Crippen MR) is 109 cm³/mol. The highest BCUT2D eigenvalue weighted by atomic mass is 19.1. The topological polar surface area (TPSA) is 75.9 Å². The lowest BCUT2D eigenvalue weighted by molar-refractivity contribution is -0.125. The van der Waals surface area contributed by atoms with Gasteiger partial charge in [0.25, 0.3) is 0 Å². The van der Waals surface area contributed by atoms with E-state index in [2.05, 4.69) is 39.1 Å². The molecule has 0 saturated carbocycles. The molecule has 1 saturated heterocycles. The Bertz CT molecular complexity index is 992. The number of fused-ring (bicyclic) bond motifs is 1. The molecule has 1 aliphatic rings. The Morgan fingerprint density at radius 1 is 1.21 bits per heavy atom. The standard InChI is InChI=1S/C21H25FN6O/c1-14(2)11-23-21(29)15-7-9-27(10-8-15)20-18-12-28(26-19(18)24-13-25-20)17-5-3-16(22)4-6-17/h3-6,12-15H,7-11H2,1-2H3,(H,23,29). The molecule has 3 aromatic rings. The van der Waals surface area contributed by atoms with E-state index in [0.717, 1.165) is 42.8 Å². The van der Waals surface area contributed by atoms with Crippen LogP contribution in [-0.2, 0) is 4.79 Å². The number of benzene rings is 1. The van der Waals surface area contributed by atoms with E-state index >= 15 is 0 Å². The van der Waals surface area contributed by atoms with Crippen molar-refractivity contribution < 1.29 is 9.18 Å². The normalized spacial score (nSPS) is 15.2. The van der Waals surface area contributed by atoms with E-state index in [9.17, 15) is 9.18 Å². The molecule has 2 aromatic heterocycles. The molecule has 1 N–H and O–H groups in total. The minimum atomic E-state index is -0.286. The van der Waals surface area contributed by atoms with E-state index in [1.807, 2.05) is 6.20 Å². The molecule has 0 spiro atoms. The summed E-state index contributed by atoms with van der Waals surface area (Å²) in [6.45, 7) is 6.42. The largest absolute Gasteiger partial charge is 0.356 e. The first-order valence-corrected chi connectivity index (χ1v) is 10.00. The van der Waals surface area contributed by atoms with Crippen molar-refractivity contribution in [2.45, 2.75) is 26.7 Å². The van der Waals surface area contributed by atoms with Crippen LogP contribution in [0.5, 0.6) is 0 Å². The molecule has 8 heteroatoms. The van der Waals surface area contributed by atoms with Gasteiger partial charge in [0, 0.05) is 31.7 Å². The number of hydrogen-bond acceptors (Lipinski definition) is 5. The van der Waals surface area contributed by atoms with Crippen molar-refractivity contribution in [2.24, 2.45) is 11.8 Å². The zero-order valence-electron chi connectivity index (χ0n) is 16.7. The highest BCUT2D eigenvalue weighted by Gasteiger charge is 2.27. The monoisotopic (exact) mass is 396 g/mol. The molecule has 0 radical (unpaired) electrons. The van der Waals surface area contributed by atoms with Gasteiger partial charge in [-0.25, -0.2) is 19.0 Å². The third kappa shape index (κ3) is 4.21. The van der Waals surface area contributed by atoms with Crippen molar-refractivity contribution in [3.05, 3.63) is 42.6 Å². The number of nitrogens with zero attached hydrogens (tertiary/aromatic N) is 5. The first-order chi connectivity index (χ1) is 14.0. The van der Waals surface area contributed by atoms with Crippen LogP contribution in [-0.4, -0.2) is 45.3 Å². The lowest BCUT2D eigenvalue weighted by atomic mass is 9.95. The van der Waals surface area contributed by atoms with Crippen molar-refractivity contribution in [3.63, 3.8) is 0 Å². The molecule has 0 atom stereocenters. The fourth-order valence-corrected chi connectivity index (χ4v) is 3.61. The average molecular weight is 396 g/mol. The Kier molecular flexibility index (Phi) is 5.42. The highest BCUT2D eigenvalue weighted by Crippen LogP contribution is 2.28. The Labute approximate surface area is 168 Å². The maximum absolute atomic E-state index is 13.2. The van der Waals surface area contributed by atoms with Crippen LogP contribution in [0.1, 0.15) is 26.7 Å². The van der Waals surface area contributed by atoms with Gasteiger partial charge in [-0.15, -0.1) is 5.10 Å². The number of carbonyl (C=O) groups is 1. The van der Waals surface area contributed by atoms with Gasteiger partial charge in [0.2, 0.25) is 5.91 Å². The van der Waals surface area contributed by atoms with Crippen LogP contribution in [0.3, 0.4) is 0 Å². The van der Waals surface area contributed by atoms with E-state index in [-0.39, 0.29) is 17.6 Å². The second-order valence-corrected chi connectivity index (χ2v) is 7.88. The summed E-state index contributed by atoms with van der Waals surface area (Å²) in [6.07, 6.45) is 4.98. The number of carbonyl (C=O) groups excluding carboxylic acids is 1. The molecule has 7 nitrogen and oxygen atoms in total. The van der Waals surface area contributed by atoms with Crippen molar-refractivity contribution >= 4 is 22.8 Å². The van der Waals surface area contributed by atoms with Gasteiger partial charge in [-0.2, -0.15) is 0 Å². The maximum atomic E-state index is 13.2. The summed E-state index contributed by atoms with van der Waals surface area (Å²) in [5.74, 6) is 1.18. The minimum Gasteiger partial charge on any atom is -0.356 e. The summed E-state index contributed by atoms with van der Waals surface area (Å²) in [6, 6.07) is 6.16. The van der Waals surface area contributed by atoms with Crippen LogP contribution in [0.25, 0.3) is 16.7 Å². The number of amides is 1. The van der Waals surface area contributed by atoms with Gasteiger partial charge in [0.05, 0.1) is 11.1 Å². The van der Waals surface area contributed by atoms with Gasteiger partial charge in [-0.05, 0) is 43.0 Å². The summed E-state index contributed by atoms with van der Waals surface area (Å²) < 4.78 is 14.9.